The molecule has 0 aromatic rings. The molecule has 0 spiro atoms. The van der Waals surface area contributed by atoms with Gasteiger partial charge in [0, 0.05) is 13.0 Å². The third-order valence-electron chi connectivity index (χ3n) is 1.96. The Hall–Kier alpha value is -2.12. The van der Waals surface area contributed by atoms with Gasteiger partial charge in [0.15, 0.2) is 0 Å². The van der Waals surface area contributed by atoms with Crippen LogP contribution in [0.2, 0.25) is 0 Å². The normalized spacial score (nSPS) is 26.1. The summed E-state index contributed by atoms with van der Waals surface area (Å²) in [5.74, 6) is -1.51. The molecule has 8 heteroatoms. The molecule has 0 aromatic heterocycles. The number of ether oxygens (including phenoxy) is 1. The summed E-state index contributed by atoms with van der Waals surface area (Å²) < 4.78 is 4.44. The fourth-order valence-electron chi connectivity index (χ4n) is 1.31. The first-order valence-corrected chi connectivity index (χ1v) is 4.15. The van der Waals surface area contributed by atoms with E-state index in [1.54, 1.807) is 0 Å². The number of nitrogens with one attached hydrogen (secondary N) is 1. The van der Waals surface area contributed by atoms with Crippen LogP contribution < -0.4 is 10.6 Å². The van der Waals surface area contributed by atoms with E-state index in [-0.39, 0.29) is 13.0 Å². The van der Waals surface area contributed by atoms with Crippen molar-refractivity contribution in [2.24, 2.45) is 0 Å². The van der Waals surface area contributed by atoms with Crippen molar-refractivity contribution in [1.82, 2.24) is 15.5 Å². The van der Waals surface area contributed by atoms with Crippen molar-refractivity contribution in [3.63, 3.8) is 0 Å². The van der Waals surface area contributed by atoms with Gasteiger partial charge in [0.1, 0.15) is 0 Å². The number of imide groups is 2. The minimum atomic E-state index is -1.54. The molecular weight excluding hydrogens is 206 g/mol. The lowest BCUT2D eigenvalue weighted by Gasteiger charge is -2.27. The molecular formula is C7H6N3O5. The Kier molecular flexibility index (Phi) is 2.03. The lowest BCUT2D eigenvalue weighted by molar-refractivity contribution is -0.144. The average molecular weight is 212 g/mol. The third-order valence-corrected chi connectivity index (χ3v) is 1.96. The minimum absolute atomic E-state index is 0.0626. The number of hydrogen-bond acceptors (Lipinski definition) is 5. The van der Waals surface area contributed by atoms with Crippen LogP contribution in [0.1, 0.15) is 6.42 Å². The molecule has 0 aliphatic carbocycles. The van der Waals surface area contributed by atoms with Gasteiger partial charge in [-0.3, -0.25) is 9.59 Å². The van der Waals surface area contributed by atoms with Gasteiger partial charge < -0.3 is 10.1 Å². The van der Waals surface area contributed by atoms with Crippen LogP contribution in [0, 0.1) is 0 Å². The molecule has 79 valence electrons. The molecule has 0 bridgehead atoms. The van der Waals surface area contributed by atoms with Crippen molar-refractivity contribution in [2.75, 3.05) is 6.54 Å². The number of cyclic esters (lactones) is 1. The molecule has 1 N–H and O–H groups in total. The van der Waals surface area contributed by atoms with Gasteiger partial charge in [-0.1, -0.05) is 0 Å². The zero-order valence-electron chi connectivity index (χ0n) is 7.43. The first kappa shape index (κ1) is 9.44. The van der Waals surface area contributed by atoms with Crippen LogP contribution in [0.3, 0.4) is 0 Å². The maximum atomic E-state index is 11.3. The first-order valence-electron chi connectivity index (χ1n) is 4.15. The number of nitrogens with zero attached hydrogens (tertiary/aromatic N) is 2. The topological polar surface area (TPSA) is 107 Å². The zero-order valence-corrected chi connectivity index (χ0v) is 7.43. The van der Waals surface area contributed by atoms with Gasteiger partial charge in [0.2, 0.25) is 5.91 Å². The molecule has 0 aromatic carbocycles. The summed E-state index contributed by atoms with van der Waals surface area (Å²) in [6.45, 7) is 0.208. The van der Waals surface area contributed by atoms with E-state index in [1.807, 2.05) is 0 Å². The fraction of sp³-hybridized carbons (Fsp3) is 0.429. The van der Waals surface area contributed by atoms with E-state index >= 15 is 0 Å². The van der Waals surface area contributed by atoms with Crippen LogP contribution in [-0.2, 0) is 14.3 Å². The summed E-state index contributed by atoms with van der Waals surface area (Å²) in [6, 6.07) is -0.755. The maximum Gasteiger partial charge on any atom is 0.439 e. The van der Waals surface area contributed by atoms with E-state index in [0.29, 0.717) is 4.90 Å². The van der Waals surface area contributed by atoms with Crippen molar-refractivity contribution in [3.8, 4) is 0 Å². The van der Waals surface area contributed by atoms with Crippen LogP contribution in [0.25, 0.3) is 0 Å². The molecule has 2 aliphatic heterocycles. The van der Waals surface area contributed by atoms with Gasteiger partial charge in [0.05, 0.1) is 0 Å². The van der Waals surface area contributed by atoms with Gasteiger partial charge in [0.25, 0.3) is 6.23 Å². The second kappa shape index (κ2) is 3.23. The summed E-state index contributed by atoms with van der Waals surface area (Å²) in [5.41, 5.74) is 0. The van der Waals surface area contributed by atoms with E-state index < -0.39 is 30.2 Å². The predicted molar refractivity (Wildman–Crippen MR) is 42.3 cm³/mol. The van der Waals surface area contributed by atoms with Gasteiger partial charge in [-0.15, -0.1) is 5.32 Å². The Morgan fingerprint density at radius 3 is 2.60 bits per heavy atom. The monoisotopic (exact) mass is 212 g/mol. The Balaban J connectivity index is 2.21. The maximum absolute atomic E-state index is 11.3. The van der Waals surface area contributed by atoms with Crippen LogP contribution in [0.5, 0.6) is 0 Å². The van der Waals surface area contributed by atoms with E-state index in [4.69, 9.17) is 0 Å². The molecule has 1 unspecified atom stereocenters. The summed E-state index contributed by atoms with van der Waals surface area (Å²) in [6.07, 6.45) is -2.56. The Labute approximate surface area is 83.5 Å². The summed E-state index contributed by atoms with van der Waals surface area (Å²) in [5, 5.41) is 5.30. The van der Waals surface area contributed by atoms with Crippen LogP contribution >= 0.6 is 0 Å². The fourth-order valence-corrected chi connectivity index (χ4v) is 1.31. The molecule has 2 fully saturated rings. The second-order valence-electron chi connectivity index (χ2n) is 2.93. The van der Waals surface area contributed by atoms with Crippen LogP contribution in [-0.4, -0.2) is 41.6 Å². The summed E-state index contributed by atoms with van der Waals surface area (Å²) >= 11 is 0. The second-order valence-corrected chi connectivity index (χ2v) is 2.93. The van der Waals surface area contributed by atoms with Crippen molar-refractivity contribution in [3.05, 3.63) is 0 Å². The molecule has 8 nitrogen and oxygen atoms in total. The van der Waals surface area contributed by atoms with E-state index in [1.165, 1.54) is 0 Å². The molecule has 1 atom stereocenters. The SMILES string of the molecule is O=C1[N]C(=O)C(N2C(=O)CCNC2=O)O1. The van der Waals surface area contributed by atoms with E-state index in [0.717, 1.165) is 0 Å². The van der Waals surface area contributed by atoms with Crippen molar-refractivity contribution >= 4 is 23.9 Å². The highest BCUT2D eigenvalue weighted by Gasteiger charge is 2.45. The first-order chi connectivity index (χ1) is 7.09. The van der Waals surface area contributed by atoms with E-state index in [9.17, 15) is 19.2 Å². The molecule has 2 aliphatic rings. The number of carbonyl (C=O) groups is 4. The molecule has 15 heavy (non-hydrogen) atoms. The lowest BCUT2D eigenvalue weighted by Crippen LogP contribution is -2.56. The van der Waals surface area contributed by atoms with Gasteiger partial charge >= 0.3 is 18.0 Å². The number of hydrogen-bond donors (Lipinski definition) is 1. The van der Waals surface area contributed by atoms with Crippen LogP contribution in [0.4, 0.5) is 9.59 Å². The Morgan fingerprint density at radius 2 is 2.07 bits per heavy atom. The van der Waals surface area contributed by atoms with Gasteiger partial charge in [-0.25, -0.2) is 14.5 Å². The Morgan fingerprint density at radius 1 is 1.33 bits per heavy atom. The van der Waals surface area contributed by atoms with Crippen molar-refractivity contribution in [2.45, 2.75) is 12.6 Å². The van der Waals surface area contributed by atoms with E-state index in [2.05, 4.69) is 15.4 Å². The van der Waals surface area contributed by atoms with Gasteiger partial charge in [-0.05, 0) is 0 Å². The molecule has 0 saturated carbocycles. The molecule has 2 heterocycles. The molecule has 1 radical (unpaired) electrons. The predicted octanol–water partition coefficient (Wildman–Crippen LogP) is -1.46. The smallest absolute Gasteiger partial charge is 0.413 e. The summed E-state index contributed by atoms with van der Waals surface area (Å²) in [4.78, 5) is 44.9. The van der Waals surface area contributed by atoms with Gasteiger partial charge in [-0.2, -0.15) is 0 Å². The molecule has 2 rings (SSSR count). The zero-order chi connectivity index (χ0) is 11.0. The van der Waals surface area contributed by atoms with Crippen LogP contribution in [0.15, 0.2) is 0 Å². The average Bonchev–Trinajstić information content (AvgIpc) is 2.45. The standard InChI is InChI=1S/C7H6N3O5/c11-3-1-2-8-6(13)10(3)5-4(12)9-7(14)15-5/h5H,1-2H2,(H,8,13). The highest BCUT2D eigenvalue weighted by molar-refractivity contribution is 6.06. The largest absolute Gasteiger partial charge is 0.439 e. The number of rotatable bonds is 1. The van der Waals surface area contributed by atoms with Crippen molar-refractivity contribution in [1.29, 1.82) is 0 Å². The quantitative estimate of drug-likeness (QED) is 0.571. The number of urea groups is 1. The van der Waals surface area contributed by atoms with Crippen molar-refractivity contribution < 1.29 is 23.9 Å². The highest BCUT2D eigenvalue weighted by atomic mass is 16.6. The molecule has 2 saturated heterocycles. The summed E-state index contributed by atoms with van der Waals surface area (Å²) in [7, 11) is 0. The minimum Gasteiger partial charge on any atom is -0.413 e. The molecule has 5 amide bonds. The number of carbonyl (C=O) groups excluding carboxylic acids is 4. The number of amides is 5. The lowest BCUT2D eigenvalue weighted by atomic mass is 10.3. The third kappa shape index (κ3) is 1.49. The Bertz CT molecular complexity index is 350. The highest BCUT2D eigenvalue weighted by Crippen LogP contribution is 2.13.